The minimum Gasteiger partial charge on any atom is -0.465 e. The molecule has 1 amide bonds. The summed E-state index contributed by atoms with van der Waals surface area (Å²) in [6.45, 7) is 4.11. The number of nitrogens with one attached hydrogen (secondary N) is 1. The molecule has 2 rings (SSSR count). The lowest BCUT2D eigenvalue weighted by Gasteiger charge is -2.13. The van der Waals surface area contributed by atoms with Crippen LogP contribution in [0.2, 0.25) is 0 Å². The standard InChI is InChI=1S/C18H21N3O3/c1-4-13(2)21-16(11-12-19-21)20-17(22)10-7-14-5-8-15(9-6-14)18(23)24-3/h5-13H,4H2,1-3H3,(H,20,22). The molecule has 0 bridgehead atoms. The largest absolute Gasteiger partial charge is 0.465 e. The van der Waals surface area contributed by atoms with E-state index in [1.54, 1.807) is 47.3 Å². The summed E-state index contributed by atoms with van der Waals surface area (Å²) in [5.41, 5.74) is 1.28. The van der Waals surface area contributed by atoms with Gasteiger partial charge in [-0.1, -0.05) is 19.1 Å². The second-order valence-corrected chi connectivity index (χ2v) is 5.35. The van der Waals surface area contributed by atoms with E-state index in [0.29, 0.717) is 11.4 Å². The zero-order chi connectivity index (χ0) is 17.5. The van der Waals surface area contributed by atoms with E-state index in [4.69, 9.17) is 0 Å². The maximum atomic E-state index is 12.1. The van der Waals surface area contributed by atoms with E-state index in [1.165, 1.54) is 13.2 Å². The smallest absolute Gasteiger partial charge is 0.337 e. The SMILES string of the molecule is CCC(C)n1nccc1NC(=O)C=Cc1ccc(C(=O)OC)cc1. The maximum Gasteiger partial charge on any atom is 0.337 e. The quantitative estimate of drug-likeness (QED) is 0.652. The number of hydrogen-bond donors (Lipinski definition) is 1. The van der Waals surface area contributed by atoms with Crippen LogP contribution in [0.5, 0.6) is 0 Å². The molecule has 6 nitrogen and oxygen atoms in total. The summed E-state index contributed by atoms with van der Waals surface area (Å²) in [5, 5.41) is 7.04. The van der Waals surface area contributed by atoms with Gasteiger partial charge in [-0.2, -0.15) is 5.10 Å². The van der Waals surface area contributed by atoms with Crippen molar-refractivity contribution in [3.05, 3.63) is 53.7 Å². The van der Waals surface area contributed by atoms with Crippen molar-refractivity contribution in [1.29, 1.82) is 0 Å². The predicted molar refractivity (Wildman–Crippen MR) is 92.7 cm³/mol. The van der Waals surface area contributed by atoms with Crippen molar-refractivity contribution in [2.24, 2.45) is 0 Å². The van der Waals surface area contributed by atoms with Gasteiger partial charge in [0.2, 0.25) is 5.91 Å². The molecule has 1 heterocycles. The average Bonchev–Trinajstić information content (AvgIpc) is 3.07. The lowest BCUT2D eigenvalue weighted by molar-refractivity contribution is -0.111. The number of amides is 1. The van der Waals surface area contributed by atoms with Gasteiger partial charge in [-0.25, -0.2) is 9.48 Å². The number of benzene rings is 1. The van der Waals surface area contributed by atoms with Gasteiger partial charge in [-0.05, 0) is 37.1 Å². The molecule has 2 aromatic rings. The average molecular weight is 327 g/mol. The van der Waals surface area contributed by atoms with Crippen LogP contribution in [0.3, 0.4) is 0 Å². The first-order valence-corrected chi connectivity index (χ1v) is 7.76. The summed E-state index contributed by atoms with van der Waals surface area (Å²) < 4.78 is 6.43. The number of methoxy groups -OCH3 is 1. The molecule has 0 saturated carbocycles. The molecule has 0 aliphatic carbocycles. The van der Waals surface area contributed by atoms with E-state index in [-0.39, 0.29) is 17.9 Å². The molecular weight excluding hydrogens is 306 g/mol. The number of hydrogen-bond acceptors (Lipinski definition) is 4. The lowest BCUT2D eigenvalue weighted by Crippen LogP contribution is -2.15. The molecule has 6 heteroatoms. The molecule has 0 radical (unpaired) electrons. The topological polar surface area (TPSA) is 73.2 Å². The second kappa shape index (κ2) is 8.10. The third-order valence-corrected chi connectivity index (χ3v) is 3.69. The molecule has 1 aromatic carbocycles. The lowest BCUT2D eigenvalue weighted by atomic mass is 10.1. The Morgan fingerprint density at radius 3 is 2.62 bits per heavy atom. The van der Waals surface area contributed by atoms with Crippen molar-refractivity contribution < 1.29 is 14.3 Å². The predicted octanol–water partition coefficient (Wildman–Crippen LogP) is 3.29. The molecule has 0 spiro atoms. The molecule has 0 aliphatic rings. The Labute approximate surface area is 141 Å². The van der Waals surface area contributed by atoms with Crippen LogP contribution in [-0.4, -0.2) is 28.8 Å². The van der Waals surface area contributed by atoms with Crippen molar-refractivity contribution in [1.82, 2.24) is 9.78 Å². The summed E-state index contributed by atoms with van der Waals surface area (Å²) in [6.07, 6.45) is 5.71. The zero-order valence-corrected chi connectivity index (χ0v) is 14.0. The molecule has 0 saturated heterocycles. The van der Waals surface area contributed by atoms with Gasteiger partial charge < -0.3 is 10.1 Å². The summed E-state index contributed by atoms with van der Waals surface area (Å²) in [5.74, 6) is 0.0405. The van der Waals surface area contributed by atoms with Crippen LogP contribution in [0.1, 0.15) is 42.2 Å². The Balaban J connectivity index is 2.01. The van der Waals surface area contributed by atoms with E-state index >= 15 is 0 Å². The van der Waals surface area contributed by atoms with Gasteiger partial charge in [-0.15, -0.1) is 0 Å². The number of esters is 1. The molecule has 1 atom stereocenters. The summed E-state index contributed by atoms with van der Waals surface area (Å²) in [6, 6.07) is 8.79. The monoisotopic (exact) mass is 327 g/mol. The van der Waals surface area contributed by atoms with Crippen LogP contribution >= 0.6 is 0 Å². The second-order valence-electron chi connectivity index (χ2n) is 5.35. The van der Waals surface area contributed by atoms with Crippen LogP contribution in [0, 0.1) is 0 Å². The first-order chi connectivity index (χ1) is 11.5. The number of nitrogens with zero attached hydrogens (tertiary/aromatic N) is 2. The summed E-state index contributed by atoms with van der Waals surface area (Å²) in [4.78, 5) is 23.4. The van der Waals surface area contributed by atoms with Crippen LogP contribution in [0.25, 0.3) is 6.08 Å². The maximum absolute atomic E-state index is 12.1. The first kappa shape index (κ1) is 17.5. The van der Waals surface area contributed by atoms with E-state index in [2.05, 4.69) is 22.1 Å². The number of anilines is 1. The Hall–Kier alpha value is -2.89. The number of carbonyl (C=O) groups excluding carboxylic acids is 2. The highest BCUT2D eigenvalue weighted by molar-refractivity contribution is 6.01. The molecule has 0 aliphatic heterocycles. The van der Waals surface area contributed by atoms with E-state index in [9.17, 15) is 9.59 Å². The highest BCUT2D eigenvalue weighted by Crippen LogP contribution is 2.16. The fraction of sp³-hybridized carbons (Fsp3) is 0.278. The molecule has 24 heavy (non-hydrogen) atoms. The number of rotatable bonds is 6. The van der Waals surface area contributed by atoms with Crippen molar-refractivity contribution in [2.75, 3.05) is 12.4 Å². The first-order valence-electron chi connectivity index (χ1n) is 7.76. The number of ether oxygens (including phenoxy) is 1. The molecule has 0 fully saturated rings. The van der Waals surface area contributed by atoms with Crippen molar-refractivity contribution in [3.8, 4) is 0 Å². The third kappa shape index (κ3) is 4.32. The highest BCUT2D eigenvalue weighted by atomic mass is 16.5. The molecular formula is C18H21N3O3. The Morgan fingerprint density at radius 2 is 2.00 bits per heavy atom. The van der Waals surface area contributed by atoms with Gasteiger partial charge in [0.1, 0.15) is 5.82 Å². The third-order valence-electron chi connectivity index (χ3n) is 3.69. The van der Waals surface area contributed by atoms with Crippen LogP contribution in [0.4, 0.5) is 5.82 Å². The van der Waals surface area contributed by atoms with Crippen LogP contribution < -0.4 is 5.32 Å². The Bertz CT molecular complexity index is 732. The normalized spacial score (nSPS) is 12.1. The van der Waals surface area contributed by atoms with Crippen molar-refractivity contribution in [3.63, 3.8) is 0 Å². The molecule has 1 aromatic heterocycles. The molecule has 1 unspecified atom stereocenters. The van der Waals surface area contributed by atoms with Crippen LogP contribution in [-0.2, 0) is 9.53 Å². The van der Waals surface area contributed by atoms with Gasteiger partial charge in [0, 0.05) is 12.1 Å². The summed E-state index contributed by atoms with van der Waals surface area (Å²) in [7, 11) is 1.34. The van der Waals surface area contributed by atoms with Gasteiger partial charge in [0.05, 0.1) is 24.9 Å². The van der Waals surface area contributed by atoms with E-state index in [1.807, 2.05) is 6.92 Å². The van der Waals surface area contributed by atoms with Gasteiger partial charge >= 0.3 is 5.97 Å². The zero-order valence-electron chi connectivity index (χ0n) is 14.0. The van der Waals surface area contributed by atoms with Gasteiger partial charge in [-0.3, -0.25) is 4.79 Å². The van der Waals surface area contributed by atoms with Gasteiger partial charge in [0.25, 0.3) is 0 Å². The Morgan fingerprint density at radius 1 is 1.29 bits per heavy atom. The molecule has 1 N–H and O–H groups in total. The van der Waals surface area contributed by atoms with E-state index in [0.717, 1.165) is 12.0 Å². The van der Waals surface area contributed by atoms with Crippen molar-refractivity contribution >= 4 is 23.8 Å². The minimum atomic E-state index is -0.387. The minimum absolute atomic E-state index is 0.213. The van der Waals surface area contributed by atoms with Crippen LogP contribution in [0.15, 0.2) is 42.6 Å². The van der Waals surface area contributed by atoms with Gasteiger partial charge in [0.15, 0.2) is 0 Å². The number of carbonyl (C=O) groups is 2. The number of aromatic nitrogens is 2. The highest BCUT2D eigenvalue weighted by Gasteiger charge is 2.09. The Kier molecular flexibility index (Phi) is 5.89. The van der Waals surface area contributed by atoms with Crippen molar-refractivity contribution in [2.45, 2.75) is 26.3 Å². The summed E-state index contributed by atoms with van der Waals surface area (Å²) >= 11 is 0. The fourth-order valence-electron chi connectivity index (χ4n) is 2.13. The van der Waals surface area contributed by atoms with E-state index < -0.39 is 0 Å². The fourth-order valence-corrected chi connectivity index (χ4v) is 2.13. The molecule has 126 valence electrons.